The SMILES string of the molecule is Cc1ncccc1-c1nc(-c2cccc(C(F)(F)F)c2)no1. The van der Waals surface area contributed by atoms with Gasteiger partial charge in [-0.25, -0.2) is 0 Å². The van der Waals surface area contributed by atoms with Crippen molar-refractivity contribution in [3.63, 3.8) is 0 Å². The molecule has 2 heterocycles. The number of rotatable bonds is 2. The van der Waals surface area contributed by atoms with E-state index < -0.39 is 11.7 Å². The van der Waals surface area contributed by atoms with E-state index in [4.69, 9.17) is 4.52 Å². The first-order chi connectivity index (χ1) is 10.4. The predicted molar refractivity (Wildman–Crippen MR) is 72.7 cm³/mol. The Bertz CT molecular complexity index is 812. The van der Waals surface area contributed by atoms with Crippen LogP contribution in [-0.2, 0) is 6.18 Å². The van der Waals surface area contributed by atoms with Gasteiger partial charge in [-0.15, -0.1) is 0 Å². The van der Waals surface area contributed by atoms with Crippen LogP contribution in [0.2, 0.25) is 0 Å². The Morgan fingerprint density at radius 1 is 1.09 bits per heavy atom. The summed E-state index contributed by atoms with van der Waals surface area (Å²) in [6.45, 7) is 1.78. The summed E-state index contributed by atoms with van der Waals surface area (Å²) >= 11 is 0. The summed E-state index contributed by atoms with van der Waals surface area (Å²) in [4.78, 5) is 8.26. The van der Waals surface area contributed by atoms with Crippen molar-refractivity contribution in [3.8, 4) is 22.8 Å². The molecule has 3 aromatic rings. The highest BCUT2D eigenvalue weighted by Crippen LogP contribution is 2.32. The number of halogens is 3. The lowest BCUT2D eigenvalue weighted by atomic mass is 10.1. The zero-order valence-corrected chi connectivity index (χ0v) is 11.4. The van der Waals surface area contributed by atoms with Gasteiger partial charge in [0.2, 0.25) is 5.82 Å². The summed E-state index contributed by atoms with van der Waals surface area (Å²) < 4.78 is 43.3. The summed E-state index contributed by atoms with van der Waals surface area (Å²) in [7, 11) is 0. The predicted octanol–water partition coefficient (Wildman–Crippen LogP) is 4.13. The van der Waals surface area contributed by atoms with E-state index in [2.05, 4.69) is 15.1 Å². The molecule has 0 amide bonds. The molecular weight excluding hydrogens is 295 g/mol. The molecule has 3 rings (SSSR count). The Kier molecular flexibility index (Phi) is 3.40. The van der Waals surface area contributed by atoms with Gasteiger partial charge in [-0.2, -0.15) is 18.2 Å². The summed E-state index contributed by atoms with van der Waals surface area (Å²) in [6.07, 6.45) is -2.79. The molecule has 0 saturated carbocycles. The zero-order chi connectivity index (χ0) is 15.7. The van der Waals surface area contributed by atoms with Gasteiger partial charge >= 0.3 is 6.18 Å². The van der Waals surface area contributed by atoms with Crippen LogP contribution in [0.4, 0.5) is 13.2 Å². The van der Waals surface area contributed by atoms with Crippen molar-refractivity contribution in [1.29, 1.82) is 0 Å². The number of pyridine rings is 1. The van der Waals surface area contributed by atoms with Gasteiger partial charge in [-0.05, 0) is 31.2 Å². The van der Waals surface area contributed by atoms with Gasteiger partial charge in [0, 0.05) is 17.5 Å². The fourth-order valence-electron chi connectivity index (χ4n) is 2.00. The van der Waals surface area contributed by atoms with Gasteiger partial charge in [-0.1, -0.05) is 17.3 Å². The Hall–Kier alpha value is -2.70. The molecule has 0 fully saturated rings. The van der Waals surface area contributed by atoms with Crippen LogP contribution in [0.3, 0.4) is 0 Å². The van der Waals surface area contributed by atoms with Gasteiger partial charge < -0.3 is 4.52 Å². The molecule has 0 bridgehead atoms. The maximum Gasteiger partial charge on any atom is 0.416 e. The molecule has 2 aromatic heterocycles. The number of hydrogen-bond donors (Lipinski definition) is 0. The molecule has 0 aliphatic rings. The van der Waals surface area contributed by atoms with Crippen molar-refractivity contribution in [2.75, 3.05) is 0 Å². The van der Waals surface area contributed by atoms with E-state index >= 15 is 0 Å². The number of alkyl halides is 3. The van der Waals surface area contributed by atoms with Crippen LogP contribution >= 0.6 is 0 Å². The minimum Gasteiger partial charge on any atom is -0.334 e. The summed E-state index contributed by atoms with van der Waals surface area (Å²) in [5, 5.41) is 3.75. The highest BCUT2D eigenvalue weighted by molar-refractivity contribution is 5.61. The minimum atomic E-state index is -4.41. The first-order valence-corrected chi connectivity index (χ1v) is 6.38. The van der Waals surface area contributed by atoms with Crippen LogP contribution in [-0.4, -0.2) is 15.1 Å². The molecule has 0 aliphatic heterocycles. The maximum atomic E-state index is 12.7. The van der Waals surface area contributed by atoms with E-state index in [1.54, 1.807) is 25.3 Å². The third kappa shape index (κ3) is 2.69. The van der Waals surface area contributed by atoms with Gasteiger partial charge in [0.25, 0.3) is 5.89 Å². The van der Waals surface area contributed by atoms with Gasteiger partial charge in [0.15, 0.2) is 0 Å². The molecule has 112 valence electrons. The number of benzene rings is 1. The number of aryl methyl sites for hydroxylation is 1. The largest absolute Gasteiger partial charge is 0.416 e. The molecule has 4 nitrogen and oxygen atoms in total. The van der Waals surface area contributed by atoms with E-state index in [1.165, 1.54) is 12.1 Å². The number of aromatic nitrogens is 3. The van der Waals surface area contributed by atoms with Crippen molar-refractivity contribution < 1.29 is 17.7 Å². The van der Waals surface area contributed by atoms with E-state index in [9.17, 15) is 13.2 Å². The molecular formula is C15H10F3N3O. The highest BCUT2D eigenvalue weighted by Gasteiger charge is 2.30. The molecule has 0 spiro atoms. The molecule has 0 N–H and O–H groups in total. The van der Waals surface area contributed by atoms with Crippen molar-refractivity contribution in [2.45, 2.75) is 13.1 Å². The number of hydrogen-bond acceptors (Lipinski definition) is 4. The Labute approximate surface area is 123 Å². The first-order valence-electron chi connectivity index (χ1n) is 6.38. The first kappa shape index (κ1) is 14.2. The van der Waals surface area contributed by atoms with Crippen molar-refractivity contribution in [1.82, 2.24) is 15.1 Å². The average Bonchev–Trinajstić information content (AvgIpc) is 2.97. The third-order valence-electron chi connectivity index (χ3n) is 3.11. The molecule has 0 saturated heterocycles. The van der Waals surface area contributed by atoms with Gasteiger partial charge in [0.05, 0.1) is 11.1 Å². The average molecular weight is 305 g/mol. The fourth-order valence-corrected chi connectivity index (χ4v) is 2.00. The lowest BCUT2D eigenvalue weighted by Crippen LogP contribution is -2.04. The van der Waals surface area contributed by atoms with E-state index in [-0.39, 0.29) is 17.3 Å². The topological polar surface area (TPSA) is 51.8 Å². The highest BCUT2D eigenvalue weighted by atomic mass is 19.4. The molecule has 0 radical (unpaired) electrons. The van der Waals surface area contributed by atoms with Crippen LogP contribution in [0.1, 0.15) is 11.3 Å². The fraction of sp³-hybridized carbons (Fsp3) is 0.133. The second-order valence-electron chi connectivity index (χ2n) is 4.64. The quantitative estimate of drug-likeness (QED) is 0.714. The van der Waals surface area contributed by atoms with Gasteiger partial charge in [0.1, 0.15) is 0 Å². The molecule has 7 heteroatoms. The van der Waals surface area contributed by atoms with Crippen LogP contribution in [0.5, 0.6) is 0 Å². The molecule has 0 aliphatic carbocycles. The minimum absolute atomic E-state index is 0.101. The van der Waals surface area contributed by atoms with Crippen LogP contribution in [0, 0.1) is 6.92 Å². The number of nitrogens with zero attached hydrogens (tertiary/aromatic N) is 3. The summed E-state index contributed by atoms with van der Waals surface area (Å²) in [5.41, 5.74) is 0.829. The van der Waals surface area contributed by atoms with E-state index in [1.807, 2.05) is 0 Å². The Balaban J connectivity index is 2.00. The monoisotopic (exact) mass is 305 g/mol. The lowest BCUT2D eigenvalue weighted by Gasteiger charge is -2.06. The lowest BCUT2D eigenvalue weighted by molar-refractivity contribution is -0.137. The van der Waals surface area contributed by atoms with Crippen LogP contribution in [0.15, 0.2) is 47.1 Å². The normalized spacial score (nSPS) is 11.6. The van der Waals surface area contributed by atoms with Crippen LogP contribution in [0.25, 0.3) is 22.8 Å². The van der Waals surface area contributed by atoms with Crippen molar-refractivity contribution in [2.24, 2.45) is 0 Å². The summed E-state index contributed by atoms with van der Waals surface area (Å²) in [6, 6.07) is 8.27. The van der Waals surface area contributed by atoms with Crippen molar-refractivity contribution in [3.05, 3.63) is 53.9 Å². The second kappa shape index (κ2) is 5.25. The molecule has 0 atom stereocenters. The standard InChI is InChI=1S/C15H10F3N3O/c1-9-12(6-3-7-19-9)14-20-13(21-22-14)10-4-2-5-11(8-10)15(16,17)18/h2-8H,1H3. The van der Waals surface area contributed by atoms with Gasteiger partial charge in [-0.3, -0.25) is 4.98 Å². The summed E-state index contributed by atoms with van der Waals surface area (Å²) in [5.74, 6) is 0.322. The second-order valence-corrected chi connectivity index (χ2v) is 4.64. The zero-order valence-electron chi connectivity index (χ0n) is 11.4. The molecule has 0 unspecified atom stereocenters. The Morgan fingerprint density at radius 3 is 2.64 bits per heavy atom. The maximum absolute atomic E-state index is 12.7. The Morgan fingerprint density at radius 2 is 1.91 bits per heavy atom. The van der Waals surface area contributed by atoms with Crippen LogP contribution < -0.4 is 0 Å². The molecule has 22 heavy (non-hydrogen) atoms. The van der Waals surface area contributed by atoms with E-state index in [0.717, 1.165) is 12.1 Å². The van der Waals surface area contributed by atoms with Crippen molar-refractivity contribution >= 4 is 0 Å². The third-order valence-corrected chi connectivity index (χ3v) is 3.11. The molecule has 1 aromatic carbocycles. The van der Waals surface area contributed by atoms with E-state index in [0.29, 0.717) is 11.3 Å². The smallest absolute Gasteiger partial charge is 0.334 e.